The molecule has 0 bridgehead atoms. The van der Waals surface area contributed by atoms with Gasteiger partial charge in [-0.05, 0) is 43.3 Å². The fourth-order valence-corrected chi connectivity index (χ4v) is 3.98. The summed E-state index contributed by atoms with van der Waals surface area (Å²) in [4.78, 5) is 10.3. The lowest BCUT2D eigenvalue weighted by molar-refractivity contribution is 0.416. The molecule has 1 aliphatic heterocycles. The van der Waals surface area contributed by atoms with Crippen LogP contribution in [0.1, 0.15) is 6.92 Å². The van der Waals surface area contributed by atoms with Crippen molar-refractivity contribution in [2.45, 2.75) is 17.9 Å². The van der Waals surface area contributed by atoms with Crippen LogP contribution < -0.4 is 19.1 Å². The summed E-state index contributed by atoms with van der Waals surface area (Å²) >= 11 is 0. The van der Waals surface area contributed by atoms with Gasteiger partial charge in [-0.2, -0.15) is 0 Å². The third-order valence-electron chi connectivity index (χ3n) is 4.65. The fourth-order valence-electron chi connectivity index (χ4n) is 2.99. The van der Waals surface area contributed by atoms with Gasteiger partial charge in [0.1, 0.15) is 16.4 Å². The van der Waals surface area contributed by atoms with Crippen molar-refractivity contribution in [3.8, 4) is 17.4 Å². The molecule has 0 saturated carbocycles. The minimum absolute atomic E-state index is 0.0149. The molecule has 0 fully saturated rings. The standard InChI is InChI=1S/C23H22N4O4S/c1-17-12-13-27(16-25-17)21-10-8-18(14-22(21)30-2)26-32(28,29)20-9-11-23(24-15-20)31-19-6-4-3-5-7-19/h3-17,26H,1-2H3. The molecule has 1 aromatic heterocycles. The fraction of sp³-hybridized carbons (Fsp3) is 0.130. The number of aliphatic imine (C=N–C) groups is 1. The van der Waals surface area contributed by atoms with Gasteiger partial charge in [0.2, 0.25) is 5.88 Å². The lowest BCUT2D eigenvalue weighted by Gasteiger charge is -2.22. The average Bonchev–Trinajstić information content (AvgIpc) is 2.80. The molecule has 0 amide bonds. The minimum Gasteiger partial charge on any atom is -0.494 e. The van der Waals surface area contributed by atoms with E-state index in [0.29, 0.717) is 23.1 Å². The second kappa shape index (κ2) is 9.11. The van der Waals surface area contributed by atoms with Crippen molar-refractivity contribution in [3.63, 3.8) is 0 Å². The predicted octanol–water partition coefficient (Wildman–Crippen LogP) is 4.43. The van der Waals surface area contributed by atoms with Crippen LogP contribution in [0.2, 0.25) is 0 Å². The third-order valence-corrected chi connectivity index (χ3v) is 6.01. The van der Waals surface area contributed by atoms with E-state index in [-0.39, 0.29) is 10.9 Å². The summed E-state index contributed by atoms with van der Waals surface area (Å²) < 4.78 is 39.3. The molecule has 1 atom stereocenters. The summed E-state index contributed by atoms with van der Waals surface area (Å²) in [6.45, 7) is 1.98. The number of para-hydroxylation sites is 1. The van der Waals surface area contributed by atoms with Crippen LogP contribution in [0.4, 0.5) is 11.4 Å². The molecule has 9 heteroatoms. The van der Waals surface area contributed by atoms with Crippen LogP contribution in [-0.2, 0) is 10.0 Å². The molecular formula is C23H22N4O4S. The van der Waals surface area contributed by atoms with E-state index in [2.05, 4.69) is 14.7 Å². The number of hydrogen-bond donors (Lipinski definition) is 1. The summed E-state index contributed by atoms with van der Waals surface area (Å²) in [5.41, 5.74) is 1.10. The zero-order valence-corrected chi connectivity index (χ0v) is 18.4. The van der Waals surface area contributed by atoms with E-state index in [1.807, 2.05) is 42.3 Å². The van der Waals surface area contributed by atoms with Gasteiger partial charge in [0.15, 0.2) is 0 Å². The van der Waals surface area contributed by atoms with Gasteiger partial charge in [-0.1, -0.05) is 18.2 Å². The summed E-state index contributed by atoms with van der Waals surface area (Å²) in [5.74, 6) is 1.41. The SMILES string of the molecule is COc1cc(NS(=O)(=O)c2ccc(Oc3ccccc3)nc2)ccc1N1C=CC(C)N=C1. The van der Waals surface area contributed by atoms with Gasteiger partial charge in [0, 0.05) is 18.3 Å². The summed E-state index contributed by atoms with van der Waals surface area (Å²) in [7, 11) is -2.32. The molecule has 2 heterocycles. The van der Waals surface area contributed by atoms with Crippen LogP contribution in [0.5, 0.6) is 17.4 Å². The normalized spacial score (nSPS) is 15.4. The highest BCUT2D eigenvalue weighted by molar-refractivity contribution is 7.92. The topological polar surface area (TPSA) is 93.1 Å². The van der Waals surface area contributed by atoms with Crippen LogP contribution >= 0.6 is 0 Å². The number of benzene rings is 2. The Morgan fingerprint density at radius 2 is 1.88 bits per heavy atom. The number of rotatable bonds is 7. The number of ether oxygens (including phenoxy) is 2. The monoisotopic (exact) mass is 450 g/mol. The minimum atomic E-state index is -3.85. The Morgan fingerprint density at radius 3 is 2.53 bits per heavy atom. The quantitative estimate of drug-likeness (QED) is 0.572. The van der Waals surface area contributed by atoms with Crippen LogP contribution in [0.15, 0.2) is 89.0 Å². The smallest absolute Gasteiger partial charge is 0.263 e. The summed E-state index contributed by atoms with van der Waals surface area (Å²) in [6, 6.07) is 17.2. The first-order valence-corrected chi connectivity index (χ1v) is 11.3. The van der Waals surface area contributed by atoms with Gasteiger partial charge in [0.05, 0.1) is 37.1 Å². The van der Waals surface area contributed by atoms with E-state index in [9.17, 15) is 8.42 Å². The average molecular weight is 451 g/mol. The van der Waals surface area contributed by atoms with Crippen molar-refractivity contribution >= 4 is 27.7 Å². The summed E-state index contributed by atoms with van der Waals surface area (Å²) in [6.07, 6.45) is 6.80. The Labute approximate surface area is 186 Å². The van der Waals surface area contributed by atoms with Crippen molar-refractivity contribution in [1.82, 2.24) is 4.98 Å². The van der Waals surface area contributed by atoms with Gasteiger partial charge < -0.3 is 14.4 Å². The van der Waals surface area contributed by atoms with Crippen molar-refractivity contribution in [1.29, 1.82) is 0 Å². The number of hydrogen-bond acceptors (Lipinski definition) is 7. The molecule has 0 radical (unpaired) electrons. The lowest BCUT2D eigenvalue weighted by Crippen LogP contribution is -2.20. The highest BCUT2D eigenvalue weighted by Gasteiger charge is 2.18. The van der Waals surface area contributed by atoms with Crippen molar-refractivity contribution in [2.24, 2.45) is 4.99 Å². The molecule has 0 saturated heterocycles. The Balaban J connectivity index is 1.50. The first-order valence-electron chi connectivity index (χ1n) is 9.84. The maximum absolute atomic E-state index is 12.8. The maximum atomic E-state index is 12.8. The highest BCUT2D eigenvalue weighted by Crippen LogP contribution is 2.32. The van der Waals surface area contributed by atoms with E-state index in [1.165, 1.54) is 25.4 Å². The largest absolute Gasteiger partial charge is 0.494 e. The van der Waals surface area contributed by atoms with Gasteiger partial charge in [-0.15, -0.1) is 0 Å². The van der Waals surface area contributed by atoms with Gasteiger partial charge in [0.25, 0.3) is 10.0 Å². The third kappa shape index (κ3) is 4.89. The Hall–Kier alpha value is -3.85. The lowest BCUT2D eigenvalue weighted by atomic mass is 10.2. The first kappa shape index (κ1) is 21.4. The molecule has 4 rings (SSSR count). The van der Waals surface area contributed by atoms with Crippen molar-refractivity contribution in [3.05, 3.63) is 79.1 Å². The number of anilines is 2. The molecule has 0 spiro atoms. The molecular weight excluding hydrogens is 428 g/mol. The van der Waals surface area contributed by atoms with E-state index < -0.39 is 10.0 Å². The van der Waals surface area contributed by atoms with Gasteiger partial charge in [-0.25, -0.2) is 13.4 Å². The van der Waals surface area contributed by atoms with Crippen LogP contribution in [0.25, 0.3) is 0 Å². The van der Waals surface area contributed by atoms with Crippen LogP contribution in [0, 0.1) is 0 Å². The maximum Gasteiger partial charge on any atom is 0.263 e. The van der Waals surface area contributed by atoms with E-state index in [0.717, 1.165) is 5.69 Å². The predicted molar refractivity (Wildman–Crippen MR) is 124 cm³/mol. The van der Waals surface area contributed by atoms with E-state index in [1.54, 1.807) is 36.7 Å². The Bertz CT molecular complexity index is 1230. The van der Waals surface area contributed by atoms with Crippen molar-refractivity contribution in [2.75, 3.05) is 16.7 Å². The second-order valence-corrected chi connectivity index (χ2v) is 8.68. The highest BCUT2D eigenvalue weighted by atomic mass is 32.2. The van der Waals surface area contributed by atoms with E-state index in [4.69, 9.17) is 9.47 Å². The van der Waals surface area contributed by atoms with Crippen molar-refractivity contribution < 1.29 is 17.9 Å². The number of pyridine rings is 1. The Morgan fingerprint density at radius 1 is 1.06 bits per heavy atom. The molecule has 1 aliphatic rings. The van der Waals surface area contributed by atoms with Gasteiger partial charge in [-0.3, -0.25) is 9.71 Å². The van der Waals surface area contributed by atoms with Crippen LogP contribution in [0.3, 0.4) is 0 Å². The first-order chi connectivity index (χ1) is 15.4. The molecule has 8 nitrogen and oxygen atoms in total. The molecule has 2 aromatic carbocycles. The van der Waals surface area contributed by atoms with E-state index >= 15 is 0 Å². The number of methoxy groups -OCH3 is 1. The Kier molecular flexibility index (Phi) is 6.09. The summed E-state index contributed by atoms with van der Waals surface area (Å²) in [5, 5.41) is 0. The zero-order valence-electron chi connectivity index (χ0n) is 17.5. The van der Waals surface area contributed by atoms with Gasteiger partial charge >= 0.3 is 0 Å². The molecule has 0 aliphatic carbocycles. The number of nitrogens with zero attached hydrogens (tertiary/aromatic N) is 3. The molecule has 164 valence electrons. The number of nitrogens with one attached hydrogen (secondary N) is 1. The second-order valence-electron chi connectivity index (χ2n) is 6.99. The molecule has 1 unspecified atom stereocenters. The molecule has 3 aromatic rings. The molecule has 1 N–H and O–H groups in total. The van der Waals surface area contributed by atoms with Crippen LogP contribution in [-0.4, -0.2) is 32.9 Å². The number of aromatic nitrogens is 1. The number of sulfonamides is 1. The zero-order chi connectivity index (χ0) is 22.6. The molecule has 32 heavy (non-hydrogen) atoms.